The van der Waals surface area contributed by atoms with Gasteiger partial charge in [0.05, 0.1) is 0 Å². The van der Waals surface area contributed by atoms with Crippen LogP contribution in [0.4, 0.5) is 0 Å². The minimum atomic E-state index is -1.15. The van der Waals surface area contributed by atoms with Gasteiger partial charge in [-0.15, -0.1) is 0 Å². The minimum Gasteiger partial charge on any atom is -0.480 e. The molecule has 0 aliphatic heterocycles. The number of aliphatic carboxylic acids is 1. The first-order valence-corrected chi connectivity index (χ1v) is 5.75. The molecule has 0 saturated heterocycles. The molecule has 0 aromatic rings. The predicted octanol–water partition coefficient (Wildman–Crippen LogP) is 0.679. The predicted molar refractivity (Wildman–Crippen MR) is 73.3 cm³/mol. The van der Waals surface area contributed by atoms with Crippen molar-refractivity contribution in [1.29, 1.82) is 0 Å². The summed E-state index contributed by atoms with van der Waals surface area (Å²) in [5.41, 5.74) is 6.12. The van der Waals surface area contributed by atoms with E-state index in [2.05, 4.69) is 5.32 Å². The first-order valence-electron chi connectivity index (χ1n) is 5.75. The Morgan fingerprint density at radius 3 is 2.68 bits per heavy atom. The van der Waals surface area contributed by atoms with Crippen molar-refractivity contribution in [3.8, 4) is 0 Å². The SMILES string of the molecule is NC(CNC(=O)/C=C/C1=C/C=C\C=C\C=C\1)C(=O)O. The van der Waals surface area contributed by atoms with Crippen molar-refractivity contribution < 1.29 is 14.7 Å². The maximum Gasteiger partial charge on any atom is 0.322 e. The van der Waals surface area contributed by atoms with E-state index in [9.17, 15) is 9.59 Å². The summed E-state index contributed by atoms with van der Waals surface area (Å²) in [6, 6.07) is -1.09. The quantitative estimate of drug-likeness (QED) is 0.634. The Morgan fingerprint density at radius 2 is 1.95 bits per heavy atom. The number of carbonyl (C=O) groups is 2. The van der Waals surface area contributed by atoms with Crippen LogP contribution in [0.25, 0.3) is 0 Å². The van der Waals surface area contributed by atoms with Crippen LogP contribution in [0.15, 0.2) is 60.3 Å². The molecule has 5 nitrogen and oxygen atoms in total. The Kier molecular flexibility index (Phi) is 6.05. The van der Waals surface area contributed by atoms with Gasteiger partial charge in [0, 0.05) is 12.6 Å². The summed E-state index contributed by atoms with van der Waals surface area (Å²) in [5.74, 6) is -1.53. The van der Waals surface area contributed by atoms with E-state index in [0.717, 1.165) is 5.57 Å². The van der Waals surface area contributed by atoms with Crippen LogP contribution >= 0.6 is 0 Å². The molecule has 1 amide bonds. The van der Waals surface area contributed by atoms with Gasteiger partial charge < -0.3 is 16.2 Å². The minimum absolute atomic E-state index is 0.101. The molecule has 0 radical (unpaired) electrons. The molecule has 1 rings (SSSR count). The molecule has 0 bridgehead atoms. The molecule has 1 atom stereocenters. The molecule has 19 heavy (non-hydrogen) atoms. The second kappa shape index (κ2) is 7.84. The lowest BCUT2D eigenvalue weighted by molar-refractivity contribution is -0.138. The van der Waals surface area contributed by atoms with E-state index < -0.39 is 12.0 Å². The second-order valence-electron chi connectivity index (χ2n) is 3.82. The summed E-state index contributed by atoms with van der Waals surface area (Å²) >= 11 is 0. The highest BCUT2D eigenvalue weighted by atomic mass is 16.4. The number of amides is 1. The van der Waals surface area contributed by atoms with Crippen LogP contribution in [0.1, 0.15) is 0 Å². The van der Waals surface area contributed by atoms with E-state index in [1.165, 1.54) is 6.08 Å². The topological polar surface area (TPSA) is 92.4 Å². The summed E-state index contributed by atoms with van der Waals surface area (Å²) in [4.78, 5) is 21.9. The highest BCUT2D eigenvalue weighted by Crippen LogP contribution is 2.02. The van der Waals surface area contributed by atoms with E-state index in [-0.39, 0.29) is 12.5 Å². The van der Waals surface area contributed by atoms with Crippen molar-refractivity contribution >= 4 is 11.9 Å². The van der Waals surface area contributed by atoms with Crippen LogP contribution in [0, 0.1) is 0 Å². The zero-order valence-corrected chi connectivity index (χ0v) is 10.3. The lowest BCUT2D eigenvalue weighted by Crippen LogP contribution is -2.41. The fraction of sp³-hybridized carbons (Fsp3) is 0.143. The lowest BCUT2D eigenvalue weighted by Gasteiger charge is -2.06. The van der Waals surface area contributed by atoms with Gasteiger partial charge in [0.2, 0.25) is 5.91 Å². The third-order valence-corrected chi connectivity index (χ3v) is 2.26. The van der Waals surface area contributed by atoms with Gasteiger partial charge in [-0.25, -0.2) is 0 Å². The summed E-state index contributed by atoms with van der Waals surface area (Å²) in [6.45, 7) is -0.101. The zero-order valence-electron chi connectivity index (χ0n) is 10.3. The molecule has 0 fully saturated rings. The molecule has 0 aromatic carbocycles. The van der Waals surface area contributed by atoms with Gasteiger partial charge in [-0.1, -0.05) is 42.5 Å². The molecule has 4 N–H and O–H groups in total. The number of carboxylic acid groups (broad SMARTS) is 1. The number of rotatable bonds is 5. The maximum absolute atomic E-state index is 11.4. The molecule has 100 valence electrons. The highest BCUT2D eigenvalue weighted by molar-refractivity contribution is 5.88. The molecular weight excluding hydrogens is 244 g/mol. The molecule has 1 aliphatic carbocycles. The second-order valence-corrected chi connectivity index (χ2v) is 3.82. The van der Waals surface area contributed by atoms with E-state index in [4.69, 9.17) is 10.8 Å². The molecule has 0 aromatic heterocycles. The van der Waals surface area contributed by atoms with Crippen LogP contribution in [0.5, 0.6) is 0 Å². The van der Waals surface area contributed by atoms with E-state index in [1.807, 2.05) is 42.5 Å². The average molecular weight is 260 g/mol. The van der Waals surface area contributed by atoms with Crippen molar-refractivity contribution in [2.45, 2.75) is 6.04 Å². The Morgan fingerprint density at radius 1 is 1.26 bits per heavy atom. The van der Waals surface area contributed by atoms with Crippen LogP contribution in [0.2, 0.25) is 0 Å². The maximum atomic E-state index is 11.4. The Balaban J connectivity index is 2.47. The smallest absolute Gasteiger partial charge is 0.322 e. The molecule has 5 heteroatoms. The first-order chi connectivity index (χ1) is 9.09. The van der Waals surface area contributed by atoms with Crippen LogP contribution < -0.4 is 11.1 Å². The summed E-state index contributed by atoms with van der Waals surface area (Å²) in [7, 11) is 0. The number of carbonyl (C=O) groups excluding carboxylic acids is 1. The Bertz CT molecular complexity index is 485. The van der Waals surface area contributed by atoms with Gasteiger partial charge in [-0.2, -0.15) is 0 Å². The van der Waals surface area contributed by atoms with Crippen molar-refractivity contribution in [1.82, 2.24) is 5.32 Å². The third kappa shape index (κ3) is 6.18. The first kappa shape index (κ1) is 14.7. The van der Waals surface area contributed by atoms with Gasteiger partial charge in [-0.05, 0) is 11.6 Å². The van der Waals surface area contributed by atoms with Crippen molar-refractivity contribution in [2.24, 2.45) is 5.73 Å². The molecule has 0 heterocycles. The highest BCUT2D eigenvalue weighted by Gasteiger charge is 2.11. The number of carboxylic acids is 1. The largest absolute Gasteiger partial charge is 0.480 e. The van der Waals surface area contributed by atoms with E-state index in [1.54, 1.807) is 6.08 Å². The molecular formula is C14H16N2O3. The standard InChI is InChI=1S/C14H16N2O3/c15-12(14(18)19)10-16-13(17)9-8-11-6-4-2-1-3-5-7-11/h1-9,12H,10,15H2,(H,16,17)(H,18,19)/b2-1+,3-1?,4-2?,5-3-,6-4+,7-5?,9-8+,11-6?,11-7+. The molecule has 0 spiro atoms. The molecule has 1 unspecified atom stereocenters. The molecule has 1 aliphatic rings. The number of allylic oxidation sites excluding steroid dienone is 9. The number of nitrogens with one attached hydrogen (secondary N) is 1. The number of hydrogen-bond donors (Lipinski definition) is 3. The van der Waals surface area contributed by atoms with Gasteiger partial charge in [0.25, 0.3) is 0 Å². The van der Waals surface area contributed by atoms with Gasteiger partial charge in [-0.3, -0.25) is 9.59 Å². The third-order valence-electron chi connectivity index (χ3n) is 2.26. The van der Waals surface area contributed by atoms with Crippen LogP contribution in [0.3, 0.4) is 0 Å². The monoisotopic (exact) mass is 260 g/mol. The van der Waals surface area contributed by atoms with E-state index in [0.29, 0.717) is 0 Å². The van der Waals surface area contributed by atoms with Crippen LogP contribution in [-0.4, -0.2) is 29.6 Å². The van der Waals surface area contributed by atoms with Crippen molar-refractivity contribution in [3.63, 3.8) is 0 Å². The normalized spacial score (nSPS) is 23.5. The Labute approximate surface area is 111 Å². The number of hydrogen-bond acceptors (Lipinski definition) is 3. The summed E-state index contributed by atoms with van der Waals surface area (Å²) < 4.78 is 0. The number of nitrogens with two attached hydrogens (primary N) is 1. The van der Waals surface area contributed by atoms with E-state index >= 15 is 0 Å². The van der Waals surface area contributed by atoms with Crippen molar-refractivity contribution in [2.75, 3.05) is 6.54 Å². The average Bonchev–Trinajstić information content (AvgIpc) is 2.34. The van der Waals surface area contributed by atoms with Gasteiger partial charge >= 0.3 is 5.97 Å². The Hall–Kier alpha value is -2.40. The van der Waals surface area contributed by atoms with Gasteiger partial charge in [0.1, 0.15) is 6.04 Å². The molecule has 0 saturated carbocycles. The van der Waals surface area contributed by atoms with Crippen LogP contribution in [-0.2, 0) is 9.59 Å². The fourth-order valence-electron chi connectivity index (χ4n) is 1.22. The lowest BCUT2D eigenvalue weighted by atomic mass is 10.1. The summed E-state index contributed by atoms with van der Waals surface area (Å²) in [6.07, 6.45) is 16.1. The van der Waals surface area contributed by atoms with Gasteiger partial charge in [0.15, 0.2) is 0 Å². The zero-order chi connectivity index (χ0) is 14.1. The fourth-order valence-corrected chi connectivity index (χ4v) is 1.22. The van der Waals surface area contributed by atoms with Crippen molar-refractivity contribution in [3.05, 3.63) is 60.3 Å². The summed E-state index contributed by atoms with van der Waals surface area (Å²) in [5, 5.41) is 11.0.